The number of thioether (sulfide) groups is 1. The molecule has 0 unspecified atom stereocenters. The molecule has 0 spiro atoms. The molecule has 2 aliphatic rings. The fourth-order valence-electron chi connectivity index (χ4n) is 2.64. The van der Waals surface area contributed by atoms with Gasteiger partial charge in [-0.25, -0.2) is 0 Å². The van der Waals surface area contributed by atoms with Gasteiger partial charge in [0, 0.05) is 6.54 Å². The van der Waals surface area contributed by atoms with E-state index in [-0.39, 0.29) is 0 Å². The number of nitrogens with one attached hydrogen (secondary N) is 1. The van der Waals surface area contributed by atoms with Crippen molar-refractivity contribution in [2.75, 3.05) is 31.3 Å². The molecule has 0 aromatic heterocycles. The quantitative estimate of drug-likeness (QED) is 0.923. The van der Waals surface area contributed by atoms with Crippen LogP contribution in [0.3, 0.4) is 0 Å². The van der Waals surface area contributed by atoms with Crippen LogP contribution in [0, 0.1) is 5.92 Å². The minimum absolute atomic E-state index is 0.573. The molecule has 5 heteroatoms. The van der Waals surface area contributed by atoms with Crippen LogP contribution < -0.4 is 14.8 Å². The Kier molecular flexibility index (Phi) is 4.97. The molecule has 0 atom stereocenters. The third-order valence-corrected chi connectivity index (χ3v) is 5.09. The standard InChI is InChI=1S/C15H20ClNO2S/c16-13-7-12(8-14-15(13)19-4-3-18-14)10-17-9-11-1-5-20-6-2-11/h7-8,11,17H,1-6,9-10H2. The lowest BCUT2D eigenvalue weighted by Crippen LogP contribution is -2.25. The molecule has 0 bridgehead atoms. The van der Waals surface area contributed by atoms with Crippen LogP contribution in [-0.4, -0.2) is 31.3 Å². The van der Waals surface area contributed by atoms with E-state index in [1.54, 1.807) is 0 Å². The van der Waals surface area contributed by atoms with E-state index < -0.39 is 0 Å². The summed E-state index contributed by atoms with van der Waals surface area (Å²) in [5.74, 6) is 4.90. The molecule has 0 radical (unpaired) electrons. The van der Waals surface area contributed by atoms with E-state index in [2.05, 4.69) is 17.1 Å². The van der Waals surface area contributed by atoms with Crippen LogP contribution in [-0.2, 0) is 6.54 Å². The SMILES string of the molecule is Clc1cc(CNCC2CCSCC2)cc2c1OCCO2. The maximum absolute atomic E-state index is 6.24. The molecule has 1 fully saturated rings. The third-order valence-electron chi connectivity index (χ3n) is 3.76. The molecule has 3 nitrogen and oxygen atoms in total. The number of ether oxygens (including phenoxy) is 2. The normalized spacial score (nSPS) is 19.1. The van der Waals surface area contributed by atoms with Crippen LogP contribution in [0.4, 0.5) is 0 Å². The van der Waals surface area contributed by atoms with Crippen LogP contribution in [0.25, 0.3) is 0 Å². The zero-order valence-electron chi connectivity index (χ0n) is 11.5. The highest BCUT2D eigenvalue weighted by Gasteiger charge is 2.17. The molecule has 0 aliphatic carbocycles. The summed E-state index contributed by atoms with van der Waals surface area (Å²) in [6.07, 6.45) is 2.67. The first-order chi connectivity index (χ1) is 9.83. The fourth-order valence-corrected chi connectivity index (χ4v) is 4.13. The minimum atomic E-state index is 0.573. The summed E-state index contributed by atoms with van der Waals surface area (Å²) < 4.78 is 11.1. The number of hydrogen-bond donors (Lipinski definition) is 1. The van der Waals surface area contributed by atoms with Crippen molar-refractivity contribution in [2.45, 2.75) is 19.4 Å². The summed E-state index contributed by atoms with van der Waals surface area (Å²) in [6.45, 7) is 3.09. The summed E-state index contributed by atoms with van der Waals surface area (Å²) in [5.41, 5.74) is 1.16. The molecule has 0 amide bonds. The van der Waals surface area contributed by atoms with E-state index in [1.165, 1.54) is 24.3 Å². The minimum Gasteiger partial charge on any atom is -0.486 e. The van der Waals surface area contributed by atoms with E-state index in [9.17, 15) is 0 Å². The van der Waals surface area contributed by atoms with Crippen molar-refractivity contribution < 1.29 is 9.47 Å². The van der Waals surface area contributed by atoms with Gasteiger partial charge in [0.25, 0.3) is 0 Å². The Morgan fingerprint density at radius 2 is 2.00 bits per heavy atom. The predicted octanol–water partition coefficient (Wildman–Crippen LogP) is 3.34. The molecule has 20 heavy (non-hydrogen) atoms. The Hall–Kier alpha value is -0.580. The van der Waals surface area contributed by atoms with E-state index in [1.807, 2.05) is 12.1 Å². The number of benzene rings is 1. The summed E-state index contributed by atoms with van der Waals surface area (Å²) in [7, 11) is 0. The second-order valence-electron chi connectivity index (χ2n) is 5.29. The van der Waals surface area contributed by atoms with Gasteiger partial charge in [0.1, 0.15) is 13.2 Å². The van der Waals surface area contributed by atoms with Crippen molar-refractivity contribution >= 4 is 23.4 Å². The number of rotatable bonds is 4. The molecule has 1 aromatic rings. The Balaban J connectivity index is 1.56. The van der Waals surface area contributed by atoms with Gasteiger partial charge in [-0.2, -0.15) is 11.8 Å². The average Bonchev–Trinajstić information content (AvgIpc) is 2.48. The molecule has 0 saturated carbocycles. The van der Waals surface area contributed by atoms with Gasteiger partial charge in [-0.1, -0.05) is 11.6 Å². The number of hydrogen-bond acceptors (Lipinski definition) is 4. The van der Waals surface area contributed by atoms with Crippen LogP contribution in [0.5, 0.6) is 11.5 Å². The van der Waals surface area contributed by atoms with Crippen molar-refractivity contribution in [2.24, 2.45) is 5.92 Å². The molecule has 2 heterocycles. The van der Waals surface area contributed by atoms with E-state index in [0.29, 0.717) is 24.0 Å². The first-order valence-electron chi connectivity index (χ1n) is 7.19. The highest BCUT2D eigenvalue weighted by atomic mass is 35.5. The third kappa shape index (κ3) is 3.54. The van der Waals surface area contributed by atoms with Crippen molar-refractivity contribution in [3.8, 4) is 11.5 Å². The van der Waals surface area contributed by atoms with Gasteiger partial charge >= 0.3 is 0 Å². The van der Waals surface area contributed by atoms with Gasteiger partial charge in [0.05, 0.1) is 5.02 Å². The first kappa shape index (κ1) is 14.4. The van der Waals surface area contributed by atoms with Gasteiger partial charge in [0.2, 0.25) is 0 Å². The number of halogens is 1. The van der Waals surface area contributed by atoms with Gasteiger partial charge in [-0.15, -0.1) is 0 Å². The van der Waals surface area contributed by atoms with Crippen LogP contribution >= 0.6 is 23.4 Å². The van der Waals surface area contributed by atoms with Gasteiger partial charge in [-0.3, -0.25) is 0 Å². The molecule has 110 valence electrons. The molecule has 2 aliphatic heterocycles. The Labute approximate surface area is 129 Å². The second-order valence-corrected chi connectivity index (χ2v) is 6.92. The number of fused-ring (bicyclic) bond motifs is 1. The smallest absolute Gasteiger partial charge is 0.179 e. The zero-order valence-corrected chi connectivity index (χ0v) is 13.1. The lowest BCUT2D eigenvalue weighted by atomic mass is 10.0. The average molecular weight is 314 g/mol. The Bertz CT molecular complexity index is 463. The molecule has 1 aromatic carbocycles. The van der Waals surface area contributed by atoms with Crippen LogP contribution in [0.2, 0.25) is 5.02 Å². The van der Waals surface area contributed by atoms with E-state index in [4.69, 9.17) is 21.1 Å². The molecular formula is C15H20ClNO2S. The largest absolute Gasteiger partial charge is 0.486 e. The van der Waals surface area contributed by atoms with Gasteiger partial charge < -0.3 is 14.8 Å². The molecule has 3 rings (SSSR count). The van der Waals surface area contributed by atoms with Crippen molar-refractivity contribution in [3.63, 3.8) is 0 Å². The monoisotopic (exact) mass is 313 g/mol. The topological polar surface area (TPSA) is 30.5 Å². The second kappa shape index (κ2) is 6.92. The van der Waals surface area contributed by atoms with Gasteiger partial charge in [-0.05, 0) is 54.5 Å². The highest BCUT2D eigenvalue weighted by molar-refractivity contribution is 7.99. The predicted molar refractivity (Wildman–Crippen MR) is 84.2 cm³/mol. The zero-order chi connectivity index (χ0) is 13.8. The first-order valence-corrected chi connectivity index (χ1v) is 8.72. The molecular weight excluding hydrogens is 294 g/mol. The van der Waals surface area contributed by atoms with E-state index in [0.717, 1.165) is 30.3 Å². The van der Waals surface area contributed by atoms with Crippen LogP contribution in [0.15, 0.2) is 12.1 Å². The van der Waals surface area contributed by atoms with E-state index >= 15 is 0 Å². The summed E-state index contributed by atoms with van der Waals surface area (Å²) >= 11 is 8.31. The van der Waals surface area contributed by atoms with Crippen molar-refractivity contribution in [1.29, 1.82) is 0 Å². The fraction of sp³-hybridized carbons (Fsp3) is 0.600. The van der Waals surface area contributed by atoms with Gasteiger partial charge in [0.15, 0.2) is 11.5 Å². The lowest BCUT2D eigenvalue weighted by Gasteiger charge is -2.22. The maximum Gasteiger partial charge on any atom is 0.179 e. The Morgan fingerprint density at radius 3 is 2.85 bits per heavy atom. The molecule has 1 saturated heterocycles. The Morgan fingerprint density at radius 1 is 1.20 bits per heavy atom. The maximum atomic E-state index is 6.24. The summed E-state index contributed by atoms with van der Waals surface area (Å²) in [5, 5.41) is 4.19. The highest BCUT2D eigenvalue weighted by Crippen LogP contribution is 2.38. The summed E-state index contributed by atoms with van der Waals surface area (Å²) in [4.78, 5) is 0. The van der Waals surface area contributed by atoms with Crippen LogP contribution in [0.1, 0.15) is 18.4 Å². The van der Waals surface area contributed by atoms with Crippen molar-refractivity contribution in [1.82, 2.24) is 5.32 Å². The van der Waals surface area contributed by atoms with Crippen molar-refractivity contribution in [3.05, 3.63) is 22.7 Å². The summed E-state index contributed by atoms with van der Waals surface area (Å²) in [6, 6.07) is 4.00. The molecule has 1 N–H and O–H groups in total. The lowest BCUT2D eigenvalue weighted by molar-refractivity contribution is 0.171.